The summed E-state index contributed by atoms with van der Waals surface area (Å²) in [6.07, 6.45) is 0. The van der Waals surface area contributed by atoms with E-state index in [0.717, 1.165) is 11.3 Å². The molecule has 1 aromatic carbocycles. The van der Waals surface area contributed by atoms with Gasteiger partial charge in [0.2, 0.25) is 0 Å². The predicted octanol–water partition coefficient (Wildman–Crippen LogP) is 4.01. The van der Waals surface area contributed by atoms with Crippen molar-refractivity contribution in [2.45, 2.75) is 0 Å². The number of amides is 1. The number of anilines is 1. The highest BCUT2D eigenvalue weighted by Gasteiger charge is 2.16. The molecule has 0 aliphatic heterocycles. The molecule has 7 heteroatoms. The Kier molecular flexibility index (Phi) is 4.09. The van der Waals surface area contributed by atoms with Gasteiger partial charge in [-0.3, -0.25) is 4.79 Å². The van der Waals surface area contributed by atoms with Crippen LogP contribution in [0.5, 0.6) is 0 Å². The van der Waals surface area contributed by atoms with Crippen LogP contribution in [0.3, 0.4) is 0 Å². The van der Waals surface area contributed by atoms with Crippen LogP contribution in [0.2, 0.25) is 10.0 Å². The molecule has 0 aliphatic carbocycles. The highest BCUT2D eigenvalue weighted by molar-refractivity contribution is 7.14. The molecule has 1 aromatic heterocycles. The lowest BCUT2D eigenvalue weighted by Crippen LogP contribution is -2.13. The molecule has 1 heterocycles. The van der Waals surface area contributed by atoms with Gasteiger partial charge in [-0.15, -0.1) is 11.3 Å². The fourth-order valence-corrected chi connectivity index (χ4v) is 2.69. The Labute approximate surface area is 122 Å². The molecule has 0 atom stereocenters. The van der Waals surface area contributed by atoms with Crippen LogP contribution < -0.4 is 5.32 Å². The number of carbonyl (C=O) groups is 2. The smallest absolute Gasteiger partial charge is 0.338 e. The van der Waals surface area contributed by atoms with Crippen LogP contribution in [0.1, 0.15) is 20.7 Å². The van der Waals surface area contributed by atoms with Gasteiger partial charge < -0.3 is 10.4 Å². The zero-order chi connectivity index (χ0) is 14.0. The molecule has 2 N–H and O–H groups in total. The molecular weight excluding hydrogens is 309 g/mol. The number of benzene rings is 1. The van der Waals surface area contributed by atoms with Crippen molar-refractivity contribution in [2.75, 3.05) is 5.32 Å². The van der Waals surface area contributed by atoms with E-state index >= 15 is 0 Å². The number of hydrogen-bond donors (Lipinski definition) is 2. The van der Waals surface area contributed by atoms with Crippen LogP contribution in [-0.2, 0) is 0 Å². The maximum atomic E-state index is 12.0. The van der Waals surface area contributed by atoms with Crippen molar-refractivity contribution < 1.29 is 14.7 Å². The monoisotopic (exact) mass is 315 g/mol. The molecule has 0 aliphatic rings. The van der Waals surface area contributed by atoms with Crippen LogP contribution in [0.25, 0.3) is 0 Å². The molecule has 4 nitrogen and oxygen atoms in total. The average Bonchev–Trinajstić information content (AvgIpc) is 2.76. The normalized spacial score (nSPS) is 10.2. The van der Waals surface area contributed by atoms with E-state index in [4.69, 9.17) is 28.3 Å². The molecule has 0 fully saturated rings. The summed E-state index contributed by atoms with van der Waals surface area (Å²) in [6.45, 7) is 0. The second-order valence-corrected chi connectivity index (χ2v) is 5.31. The highest BCUT2D eigenvalue weighted by Crippen LogP contribution is 2.26. The fraction of sp³-hybridized carbons (Fsp3) is 0. The van der Waals surface area contributed by atoms with Crippen molar-refractivity contribution in [1.29, 1.82) is 0 Å². The van der Waals surface area contributed by atoms with Gasteiger partial charge in [0.25, 0.3) is 5.91 Å². The van der Waals surface area contributed by atoms with E-state index in [1.807, 2.05) is 0 Å². The summed E-state index contributed by atoms with van der Waals surface area (Å²) in [5, 5.41) is 13.9. The van der Waals surface area contributed by atoms with Crippen molar-refractivity contribution in [3.63, 3.8) is 0 Å². The van der Waals surface area contributed by atoms with E-state index in [1.54, 1.807) is 5.38 Å². The number of nitrogens with one attached hydrogen (secondary N) is 1. The Morgan fingerprint density at radius 3 is 2.53 bits per heavy atom. The van der Waals surface area contributed by atoms with Crippen molar-refractivity contribution in [3.8, 4) is 0 Å². The largest absolute Gasteiger partial charge is 0.478 e. The molecule has 0 radical (unpaired) electrons. The SMILES string of the molecule is O=C(Nc1sccc1C(=O)O)c1ccc(Cl)cc1Cl. The van der Waals surface area contributed by atoms with Crippen molar-refractivity contribution >= 4 is 51.4 Å². The van der Waals surface area contributed by atoms with Crippen LogP contribution in [0.4, 0.5) is 5.00 Å². The number of aromatic carboxylic acids is 1. The quantitative estimate of drug-likeness (QED) is 0.899. The summed E-state index contributed by atoms with van der Waals surface area (Å²) in [6, 6.07) is 5.89. The predicted molar refractivity (Wildman–Crippen MR) is 75.7 cm³/mol. The molecule has 0 unspecified atom stereocenters. The first-order valence-electron chi connectivity index (χ1n) is 5.06. The summed E-state index contributed by atoms with van der Waals surface area (Å²) in [7, 11) is 0. The van der Waals surface area contributed by atoms with E-state index in [0.29, 0.717) is 5.02 Å². The van der Waals surface area contributed by atoms with Crippen molar-refractivity contribution in [3.05, 3.63) is 50.8 Å². The second-order valence-electron chi connectivity index (χ2n) is 3.55. The van der Waals surface area contributed by atoms with Gasteiger partial charge in [-0.25, -0.2) is 4.79 Å². The van der Waals surface area contributed by atoms with E-state index in [1.165, 1.54) is 24.3 Å². The number of rotatable bonds is 3. The zero-order valence-electron chi connectivity index (χ0n) is 9.31. The fourth-order valence-electron chi connectivity index (χ4n) is 1.42. The Balaban J connectivity index is 2.26. The highest BCUT2D eigenvalue weighted by atomic mass is 35.5. The molecule has 2 rings (SSSR count). The summed E-state index contributed by atoms with van der Waals surface area (Å²) >= 11 is 12.8. The summed E-state index contributed by atoms with van der Waals surface area (Å²) in [5.41, 5.74) is 0.277. The van der Waals surface area contributed by atoms with Crippen LogP contribution >= 0.6 is 34.5 Å². The van der Waals surface area contributed by atoms with Gasteiger partial charge in [0, 0.05) is 5.02 Å². The Hall–Kier alpha value is -1.56. The summed E-state index contributed by atoms with van der Waals surface area (Å²) in [5.74, 6) is -1.58. The van der Waals surface area contributed by atoms with Gasteiger partial charge in [0.05, 0.1) is 16.1 Å². The molecule has 19 heavy (non-hydrogen) atoms. The standard InChI is InChI=1S/C12H7Cl2NO3S/c13-6-1-2-7(9(14)5-6)10(16)15-11-8(12(17)18)3-4-19-11/h1-5H,(H,15,16)(H,17,18). The minimum atomic E-state index is -1.10. The zero-order valence-corrected chi connectivity index (χ0v) is 11.6. The first-order chi connectivity index (χ1) is 8.99. The summed E-state index contributed by atoms with van der Waals surface area (Å²) < 4.78 is 0. The van der Waals surface area contributed by atoms with Gasteiger partial charge in [-0.2, -0.15) is 0 Å². The third-order valence-corrected chi connectivity index (χ3v) is 3.68. The van der Waals surface area contributed by atoms with Crippen molar-refractivity contribution in [2.24, 2.45) is 0 Å². The lowest BCUT2D eigenvalue weighted by Gasteiger charge is -2.06. The van der Waals surface area contributed by atoms with Crippen molar-refractivity contribution in [1.82, 2.24) is 0 Å². The topological polar surface area (TPSA) is 66.4 Å². The average molecular weight is 316 g/mol. The number of hydrogen-bond acceptors (Lipinski definition) is 3. The first-order valence-corrected chi connectivity index (χ1v) is 6.70. The Morgan fingerprint density at radius 2 is 1.89 bits per heavy atom. The minimum Gasteiger partial charge on any atom is -0.478 e. The minimum absolute atomic E-state index is 0.0448. The molecule has 0 saturated carbocycles. The van der Waals surface area contributed by atoms with E-state index in [-0.39, 0.29) is 21.2 Å². The number of carboxylic acids is 1. The Bertz CT molecular complexity index is 654. The maximum Gasteiger partial charge on any atom is 0.338 e. The van der Waals surface area contributed by atoms with Gasteiger partial charge in [0.1, 0.15) is 5.00 Å². The Morgan fingerprint density at radius 1 is 1.16 bits per heavy atom. The molecule has 0 saturated heterocycles. The number of carbonyl (C=O) groups excluding carboxylic acids is 1. The molecular formula is C12H7Cl2NO3S. The second kappa shape index (κ2) is 5.61. The van der Waals surface area contributed by atoms with Gasteiger partial charge in [-0.05, 0) is 29.6 Å². The first kappa shape index (κ1) is 13.9. The van der Waals surface area contributed by atoms with E-state index in [9.17, 15) is 9.59 Å². The van der Waals surface area contributed by atoms with E-state index < -0.39 is 11.9 Å². The molecule has 0 spiro atoms. The van der Waals surface area contributed by atoms with Crippen LogP contribution in [-0.4, -0.2) is 17.0 Å². The van der Waals surface area contributed by atoms with Gasteiger partial charge in [0.15, 0.2) is 0 Å². The molecule has 0 bridgehead atoms. The van der Waals surface area contributed by atoms with Crippen LogP contribution in [0, 0.1) is 0 Å². The number of carboxylic acid groups (broad SMARTS) is 1. The summed E-state index contributed by atoms with van der Waals surface area (Å²) in [4.78, 5) is 22.9. The lowest BCUT2D eigenvalue weighted by molar-refractivity contribution is 0.0698. The lowest BCUT2D eigenvalue weighted by atomic mass is 10.2. The van der Waals surface area contributed by atoms with Gasteiger partial charge in [-0.1, -0.05) is 23.2 Å². The molecule has 98 valence electrons. The number of thiophene rings is 1. The van der Waals surface area contributed by atoms with Crippen LogP contribution in [0.15, 0.2) is 29.6 Å². The number of halogens is 2. The third-order valence-electron chi connectivity index (χ3n) is 2.30. The van der Waals surface area contributed by atoms with Gasteiger partial charge >= 0.3 is 5.97 Å². The molecule has 1 amide bonds. The maximum absolute atomic E-state index is 12.0. The molecule has 2 aromatic rings. The van der Waals surface area contributed by atoms with E-state index in [2.05, 4.69) is 5.32 Å². The third kappa shape index (κ3) is 3.07.